The minimum atomic E-state index is -0.411. The number of carbonyl (C=O) groups is 1. The second kappa shape index (κ2) is 10.3. The number of halogens is 2. The summed E-state index contributed by atoms with van der Waals surface area (Å²) in [5.41, 5.74) is 6.96. The first-order chi connectivity index (χ1) is 9.08. The molecule has 0 aliphatic carbocycles. The Kier molecular flexibility index (Phi) is 10.1. The third kappa shape index (κ3) is 6.35. The first-order valence-corrected chi connectivity index (χ1v) is 8.13. The normalized spacial score (nSPS) is 11.6. The number of carbonyl (C=O) groups excluding carboxylic acids is 1. The van der Waals surface area contributed by atoms with Crippen LogP contribution in [-0.4, -0.2) is 35.4 Å². The molecule has 6 heteroatoms. The van der Waals surface area contributed by atoms with Gasteiger partial charge in [0.25, 0.3) is 0 Å². The fraction of sp³-hybridized carbons (Fsp3) is 0.500. The Morgan fingerprint density at radius 1 is 1.50 bits per heavy atom. The van der Waals surface area contributed by atoms with E-state index in [1.165, 1.54) is 0 Å². The molecule has 0 aliphatic heterocycles. The predicted octanol–water partition coefficient (Wildman–Crippen LogP) is 3.19. The zero-order valence-corrected chi connectivity index (χ0v) is 14.2. The van der Waals surface area contributed by atoms with Crippen molar-refractivity contribution in [1.82, 2.24) is 4.90 Å². The Bertz CT molecular complexity index is 418. The van der Waals surface area contributed by atoms with Gasteiger partial charge in [-0.2, -0.15) is 11.8 Å². The second-order valence-electron chi connectivity index (χ2n) is 4.37. The fourth-order valence-corrected chi connectivity index (χ4v) is 2.51. The Balaban J connectivity index is 0.00000361. The van der Waals surface area contributed by atoms with Crippen molar-refractivity contribution >= 4 is 41.7 Å². The number of benzene rings is 1. The van der Waals surface area contributed by atoms with Gasteiger partial charge in [0.15, 0.2) is 0 Å². The summed E-state index contributed by atoms with van der Waals surface area (Å²) in [5.74, 6) is 0.915. The quantitative estimate of drug-likeness (QED) is 0.831. The molecule has 2 N–H and O–H groups in total. The number of likely N-dealkylation sites (N-methyl/N-ethyl adjacent to an activating group) is 1. The largest absolute Gasteiger partial charge is 0.337 e. The average molecular weight is 337 g/mol. The maximum Gasteiger partial charge on any atom is 0.239 e. The summed E-state index contributed by atoms with van der Waals surface area (Å²) >= 11 is 7.66. The van der Waals surface area contributed by atoms with E-state index in [1.807, 2.05) is 37.4 Å². The topological polar surface area (TPSA) is 46.3 Å². The van der Waals surface area contributed by atoms with Gasteiger partial charge in [0.2, 0.25) is 5.91 Å². The monoisotopic (exact) mass is 336 g/mol. The summed E-state index contributed by atoms with van der Waals surface area (Å²) in [7, 11) is 0. The molecule has 0 spiro atoms. The molecular formula is C14H22Cl2N2OS. The molecule has 1 aromatic carbocycles. The first-order valence-electron chi connectivity index (χ1n) is 6.36. The van der Waals surface area contributed by atoms with Crippen LogP contribution in [0.1, 0.15) is 18.9 Å². The van der Waals surface area contributed by atoms with Crippen molar-refractivity contribution in [2.24, 2.45) is 5.73 Å². The van der Waals surface area contributed by atoms with Gasteiger partial charge >= 0.3 is 0 Å². The van der Waals surface area contributed by atoms with Gasteiger partial charge in [0, 0.05) is 18.1 Å². The summed E-state index contributed by atoms with van der Waals surface area (Å²) in [6.45, 7) is 3.17. The zero-order chi connectivity index (χ0) is 14.3. The van der Waals surface area contributed by atoms with Gasteiger partial charge in [-0.15, -0.1) is 12.4 Å². The van der Waals surface area contributed by atoms with Crippen LogP contribution in [0.4, 0.5) is 0 Å². The van der Waals surface area contributed by atoms with E-state index >= 15 is 0 Å². The van der Waals surface area contributed by atoms with Gasteiger partial charge in [-0.05, 0) is 43.0 Å². The molecule has 1 amide bonds. The fourth-order valence-electron chi connectivity index (χ4n) is 1.80. The third-order valence-electron chi connectivity index (χ3n) is 2.91. The Labute approximate surface area is 136 Å². The number of hydrogen-bond acceptors (Lipinski definition) is 3. The van der Waals surface area contributed by atoms with E-state index in [9.17, 15) is 4.79 Å². The van der Waals surface area contributed by atoms with Crippen LogP contribution in [0.5, 0.6) is 0 Å². The van der Waals surface area contributed by atoms with Crippen LogP contribution in [0, 0.1) is 0 Å². The van der Waals surface area contributed by atoms with E-state index in [4.69, 9.17) is 17.3 Å². The maximum absolute atomic E-state index is 12.2. The molecule has 1 atom stereocenters. The van der Waals surface area contributed by atoms with E-state index < -0.39 is 6.04 Å². The molecule has 20 heavy (non-hydrogen) atoms. The third-order valence-corrected chi connectivity index (χ3v) is 3.79. The highest BCUT2D eigenvalue weighted by atomic mass is 35.5. The average Bonchev–Trinajstić information content (AvgIpc) is 2.41. The van der Waals surface area contributed by atoms with E-state index in [1.54, 1.807) is 16.7 Å². The molecule has 0 radical (unpaired) electrons. The van der Waals surface area contributed by atoms with Crippen LogP contribution in [-0.2, 0) is 11.3 Å². The molecule has 114 valence electrons. The van der Waals surface area contributed by atoms with Crippen LogP contribution in [0.2, 0.25) is 5.02 Å². The lowest BCUT2D eigenvalue weighted by molar-refractivity contribution is -0.133. The molecule has 1 rings (SSSR count). The Morgan fingerprint density at radius 3 is 2.75 bits per heavy atom. The molecule has 0 aromatic heterocycles. The molecule has 0 unspecified atom stereocenters. The molecule has 0 heterocycles. The summed E-state index contributed by atoms with van der Waals surface area (Å²) in [5, 5.41) is 0.688. The Hall–Kier alpha value is -0.420. The van der Waals surface area contributed by atoms with Gasteiger partial charge in [0.1, 0.15) is 0 Å². The SMILES string of the molecule is CCN(Cc1cccc(Cl)c1)C(=O)[C@@H](N)CCSC.Cl. The lowest BCUT2D eigenvalue weighted by Crippen LogP contribution is -2.43. The Morgan fingerprint density at radius 2 is 2.20 bits per heavy atom. The van der Waals surface area contributed by atoms with Crippen LogP contribution in [0.3, 0.4) is 0 Å². The smallest absolute Gasteiger partial charge is 0.239 e. The molecule has 0 saturated carbocycles. The minimum absolute atomic E-state index is 0. The highest BCUT2D eigenvalue weighted by Gasteiger charge is 2.19. The standard InChI is InChI=1S/C14H21ClN2OS.ClH/c1-3-17(14(18)13(16)7-8-19-2)10-11-5-4-6-12(15)9-11;/h4-6,9,13H,3,7-8,10,16H2,1-2H3;1H/t13-;/m0./s1. The summed E-state index contributed by atoms with van der Waals surface area (Å²) < 4.78 is 0. The lowest BCUT2D eigenvalue weighted by Gasteiger charge is -2.24. The van der Waals surface area contributed by atoms with Gasteiger partial charge < -0.3 is 10.6 Å². The number of hydrogen-bond donors (Lipinski definition) is 1. The molecular weight excluding hydrogens is 315 g/mol. The lowest BCUT2D eigenvalue weighted by atomic mass is 10.1. The molecule has 0 aliphatic rings. The van der Waals surface area contributed by atoms with Crippen molar-refractivity contribution in [2.45, 2.75) is 25.9 Å². The second-order valence-corrected chi connectivity index (χ2v) is 5.79. The van der Waals surface area contributed by atoms with Gasteiger partial charge in [-0.3, -0.25) is 4.79 Å². The van der Waals surface area contributed by atoms with Crippen molar-refractivity contribution in [1.29, 1.82) is 0 Å². The number of amides is 1. The van der Waals surface area contributed by atoms with Crippen molar-refractivity contribution in [3.8, 4) is 0 Å². The minimum Gasteiger partial charge on any atom is -0.337 e. The van der Waals surface area contributed by atoms with Crippen molar-refractivity contribution < 1.29 is 4.79 Å². The van der Waals surface area contributed by atoms with Crippen LogP contribution >= 0.6 is 35.8 Å². The van der Waals surface area contributed by atoms with Gasteiger partial charge in [0.05, 0.1) is 6.04 Å². The van der Waals surface area contributed by atoms with E-state index in [0.29, 0.717) is 24.5 Å². The summed E-state index contributed by atoms with van der Waals surface area (Å²) in [6.07, 6.45) is 2.73. The van der Waals surface area contributed by atoms with E-state index in [0.717, 1.165) is 11.3 Å². The molecule has 3 nitrogen and oxygen atoms in total. The number of nitrogens with zero attached hydrogens (tertiary/aromatic N) is 1. The van der Waals surface area contributed by atoms with Crippen molar-refractivity contribution in [3.05, 3.63) is 34.9 Å². The molecule has 0 bridgehead atoms. The molecule has 0 fully saturated rings. The van der Waals surface area contributed by atoms with Crippen LogP contribution < -0.4 is 5.73 Å². The number of thioether (sulfide) groups is 1. The maximum atomic E-state index is 12.2. The highest BCUT2D eigenvalue weighted by Crippen LogP contribution is 2.13. The molecule has 0 saturated heterocycles. The zero-order valence-electron chi connectivity index (χ0n) is 11.8. The number of nitrogens with two attached hydrogens (primary N) is 1. The summed E-state index contributed by atoms with van der Waals surface area (Å²) in [6, 6.07) is 7.16. The van der Waals surface area contributed by atoms with Crippen molar-refractivity contribution in [3.63, 3.8) is 0 Å². The van der Waals surface area contributed by atoms with Gasteiger partial charge in [-0.1, -0.05) is 23.7 Å². The van der Waals surface area contributed by atoms with Gasteiger partial charge in [-0.25, -0.2) is 0 Å². The summed E-state index contributed by atoms with van der Waals surface area (Å²) in [4.78, 5) is 14.0. The van der Waals surface area contributed by atoms with Crippen LogP contribution in [0.15, 0.2) is 24.3 Å². The first kappa shape index (κ1) is 19.6. The van der Waals surface area contributed by atoms with E-state index in [2.05, 4.69) is 0 Å². The predicted molar refractivity (Wildman–Crippen MR) is 90.8 cm³/mol. The highest BCUT2D eigenvalue weighted by molar-refractivity contribution is 7.98. The van der Waals surface area contributed by atoms with E-state index in [-0.39, 0.29) is 18.3 Å². The number of rotatable bonds is 7. The van der Waals surface area contributed by atoms with Crippen LogP contribution in [0.25, 0.3) is 0 Å². The van der Waals surface area contributed by atoms with Crippen molar-refractivity contribution in [2.75, 3.05) is 18.6 Å². The molecule has 1 aromatic rings.